The second kappa shape index (κ2) is 11.2. The maximum atomic E-state index is 12.6. The van der Waals surface area contributed by atoms with Gasteiger partial charge in [-0.25, -0.2) is 0 Å². The fourth-order valence-corrected chi connectivity index (χ4v) is 5.75. The highest BCUT2D eigenvalue weighted by atomic mass is 28.4. The number of halogens is 3. The highest BCUT2D eigenvalue weighted by Gasteiger charge is 2.41. The summed E-state index contributed by atoms with van der Waals surface area (Å²) in [5.74, 6) is 0. The van der Waals surface area contributed by atoms with Gasteiger partial charge in [-0.3, -0.25) is 0 Å². The lowest BCUT2D eigenvalue weighted by Gasteiger charge is -2.31. The average Bonchev–Trinajstić information content (AvgIpc) is 2.56. The van der Waals surface area contributed by atoms with Gasteiger partial charge in [0.1, 0.15) is 0 Å². The van der Waals surface area contributed by atoms with Gasteiger partial charge in [-0.05, 0) is 64.7 Å². The molecular weight excluding hydrogens is 373 g/mol. The van der Waals surface area contributed by atoms with Crippen LogP contribution in [0.3, 0.4) is 0 Å². The van der Waals surface area contributed by atoms with Crippen molar-refractivity contribution in [3.63, 3.8) is 0 Å². The summed E-state index contributed by atoms with van der Waals surface area (Å²) in [6.07, 6.45) is 0.544. The Labute approximate surface area is 162 Å². The Morgan fingerprint density at radius 1 is 0.852 bits per heavy atom. The van der Waals surface area contributed by atoms with E-state index in [9.17, 15) is 13.2 Å². The van der Waals surface area contributed by atoms with Crippen LogP contribution < -0.4 is 0 Å². The topological polar surface area (TPSA) is 27.7 Å². The minimum Gasteiger partial charge on any atom is -0.377 e. The Morgan fingerprint density at radius 3 is 1.81 bits per heavy atom. The molecule has 0 radical (unpaired) electrons. The van der Waals surface area contributed by atoms with Gasteiger partial charge in [-0.1, -0.05) is 25.0 Å². The third-order valence-corrected chi connectivity index (χ3v) is 7.37. The molecule has 0 aromatic heterocycles. The van der Waals surface area contributed by atoms with Gasteiger partial charge >= 0.3 is 15.0 Å². The van der Waals surface area contributed by atoms with Gasteiger partial charge in [0, 0.05) is 25.4 Å². The van der Waals surface area contributed by atoms with Crippen molar-refractivity contribution in [1.82, 2.24) is 0 Å². The first-order valence-electron chi connectivity index (χ1n) is 9.65. The molecule has 0 saturated carbocycles. The largest absolute Gasteiger partial charge is 0.501 e. The first-order valence-corrected chi connectivity index (χ1v) is 11.6. The molecule has 0 fully saturated rings. The van der Waals surface area contributed by atoms with Crippen molar-refractivity contribution in [3.05, 3.63) is 35.4 Å². The normalized spacial score (nSPS) is 13.0. The molecule has 0 saturated heterocycles. The van der Waals surface area contributed by atoms with Crippen molar-refractivity contribution in [2.45, 2.75) is 84.2 Å². The summed E-state index contributed by atoms with van der Waals surface area (Å²) < 4.78 is 55.4. The van der Waals surface area contributed by atoms with E-state index < -0.39 is 20.5 Å². The predicted molar refractivity (Wildman–Crippen MR) is 104 cm³/mol. The van der Waals surface area contributed by atoms with Crippen LogP contribution in [0.25, 0.3) is 0 Å². The van der Waals surface area contributed by atoms with Gasteiger partial charge in [0.05, 0.1) is 5.56 Å². The lowest BCUT2D eigenvalue weighted by molar-refractivity contribution is -0.137. The van der Waals surface area contributed by atoms with Crippen LogP contribution in [0.15, 0.2) is 24.3 Å². The fourth-order valence-electron chi connectivity index (χ4n) is 2.95. The third-order valence-electron chi connectivity index (χ3n) is 4.12. The van der Waals surface area contributed by atoms with Crippen molar-refractivity contribution >= 4 is 8.80 Å². The molecule has 1 aromatic carbocycles. The highest BCUT2D eigenvalue weighted by Crippen LogP contribution is 2.29. The van der Waals surface area contributed by atoms with E-state index in [2.05, 4.69) is 0 Å². The lowest BCUT2D eigenvalue weighted by Crippen LogP contribution is -2.48. The lowest BCUT2D eigenvalue weighted by atomic mass is 10.0. The fraction of sp³-hybridized carbons (Fsp3) is 0.700. The van der Waals surface area contributed by atoms with E-state index in [-0.39, 0.29) is 12.2 Å². The molecule has 0 amide bonds. The zero-order valence-corrected chi connectivity index (χ0v) is 18.1. The standard InChI is InChI=1S/C20H33F3O3Si/c1-16(2)25-27(24-5,26-17(3)4)15-9-7-6-8-10-18-11-13-19(14-12-18)20(21,22)23/h11-14,16-17H,6-10,15H2,1-5H3. The summed E-state index contributed by atoms with van der Waals surface area (Å²) >= 11 is 0. The quantitative estimate of drug-likeness (QED) is 0.304. The average molecular weight is 407 g/mol. The van der Waals surface area contributed by atoms with Crippen LogP contribution in [-0.2, 0) is 25.9 Å². The first-order chi connectivity index (χ1) is 12.6. The smallest absolute Gasteiger partial charge is 0.377 e. The molecule has 0 N–H and O–H groups in total. The summed E-state index contributed by atoms with van der Waals surface area (Å²) in [4.78, 5) is 0. The molecule has 0 aliphatic rings. The van der Waals surface area contributed by atoms with Crippen molar-refractivity contribution in [3.8, 4) is 0 Å². The second-order valence-corrected chi connectivity index (χ2v) is 10.1. The van der Waals surface area contributed by atoms with Crippen molar-refractivity contribution in [2.75, 3.05) is 7.11 Å². The number of benzene rings is 1. The minimum absolute atomic E-state index is 0.0510. The van der Waals surface area contributed by atoms with Gasteiger partial charge in [-0.2, -0.15) is 13.2 Å². The van der Waals surface area contributed by atoms with Crippen LogP contribution in [0.5, 0.6) is 0 Å². The zero-order valence-electron chi connectivity index (χ0n) is 17.1. The molecular formula is C20H33F3O3Si. The highest BCUT2D eigenvalue weighted by molar-refractivity contribution is 6.60. The minimum atomic E-state index is -4.27. The van der Waals surface area contributed by atoms with Gasteiger partial charge in [0.2, 0.25) is 0 Å². The van der Waals surface area contributed by atoms with E-state index in [1.54, 1.807) is 19.2 Å². The van der Waals surface area contributed by atoms with Crippen molar-refractivity contribution in [1.29, 1.82) is 0 Å². The third kappa shape index (κ3) is 9.23. The van der Waals surface area contributed by atoms with E-state index in [1.165, 1.54) is 0 Å². The van der Waals surface area contributed by atoms with E-state index >= 15 is 0 Å². The van der Waals surface area contributed by atoms with Crippen LogP contribution in [0.2, 0.25) is 6.04 Å². The maximum Gasteiger partial charge on any atom is 0.501 e. The molecule has 0 heterocycles. The van der Waals surface area contributed by atoms with E-state index in [4.69, 9.17) is 13.3 Å². The Balaban J connectivity index is 2.37. The SMILES string of the molecule is CO[Si](CCCCCCc1ccc(C(F)(F)F)cc1)(OC(C)C)OC(C)C. The molecule has 0 aliphatic heterocycles. The molecule has 7 heteroatoms. The number of rotatable bonds is 12. The van der Waals surface area contributed by atoms with Crippen molar-refractivity contribution in [2.24, 2.45) is 0 Å². The predicted octanol–water partition coefficient (Wildman–Crippen LogP) is 6.24. The van der Waals surface area contributed by atoms with Gasteiger partial charge < -0.3 is 13.3 Å². The van der Waals surface area contributed by atoms with Crippen LogP contribution in [-0.4, -0.2) is 28.1 Å². The number of alkyl halides is 3. The van der Waals surface area contributed by atoms with Crippen LogP contribution in [0, 0.1) is 0 Å². The van der Waals surface area contributed by atoms with Gasteiger partial charge in [0.25, 0.3) is 0 Å². The summed E-state index contributed by atoms with van der Waals surface area (Å²) in [6.45, 7) is 7.92. The first kappa shape index (κ1) is 24.1. The summed E-state index contributed by atoms with van der Waals surface area (Å²) in [5.41, 5.74) is 0.345. The molecule has 0 spiro atoms. The summed E-state index contributed by atoms with van der Waals surface area (Å²) in [5, 5.41) is 0. The Morgan fingerprint density at radius 2 is 1.37 bits per heavy atom. The van der Waals surface area contributed by atoms with E-state index in [1.807, 2.05) is 27.7 Å². The van der Waals surface area contributed by atoms with Crippen molar-refractivity contribution < 1.29 is 26.4 Å². The second-order valence-electron chi connectivity index (χ2n) is 7.33. The molecule has 1 aromatic rings. The molecule has 0 aliphatic carbocycles. The van der Waals surface area contributed by atoms with Crippen LogP contribution in [0.1, 0.15) is 64.5 Å². The molecule has 0 atom stereocenters. The van der Waals surface area contributed by atoms with Crippen LogP contribution >= 0.6 is 0 Å². The van der Waals surface area contributed by atoms with Gasteiger partial charge in [0.15, 0.2) is 0 Å². The Bertz CT molecular complexity index is 520. The Kier molecular flexibility index (Phi) is 10.0. The molecule has 156 valence electrons. The summed E-state index contributed by atoms with van der Waals surface area (Å²) in [6, 6.07) is 6.22. The van der Waals surface area contributed by atoms with E-state index in [0.717, 1.165) is 55.8 Å². The molecule has 27 heavy (non-hydrogen) atoms. The number of hydrogen-bond acceptors (Lipinski definition) is 3. The molecule has 0 bridgehead atoms. The Hall–Kier alpha value is -0.893. The number of hydrogen-bond donors (Lipinski definition) is 0. The maximum absolute atomic E-state index is 12.6. The molecule has 3 nitrogen and oxygen atoms in total. The zero-order chi connectivity index (χ0) is 20.5. The van der Waals surface area contributed by atoms with Gasteiger partial charge in [-0.15, -0.1) is 0 Å². The number of aryl methyl sites for hydroxylation is 1. The molecule has 1 rings (SSSR count). The summed E-state index contributed by atoms with van der Waals surface area (Å²) in [7, 11) is -0.996. The monoisotopic (exact) mass is 406 g/mol. The number of unbranched alkanes of at least 4 members (excludes halogenated alkanes) is 3. The van der Waals surface area contributed by atoms with Crippen LogP contribution in [0.4, 0.5) is 13.2 Å². The molecule has 0 unspecified atom stereocenters. The van der Waals surface area contributed by atoms with E-state index in [0.29, 0.717) is 0 Å².